The average molecular weight is 259 g/mol. The lowest BCUT2D eigenvalue weighted by Crippen LogP contribution is -2.31. The van der Waals surface area contributed by atoms with Crippen LogP contribution < -0.4 is 16.2 Å². The Morgan fingerprint density at radius 1 is 1.59 bits per heavy atom. The third kappa shape index (κ3) is 4.44. The van der Waals surface area contributed by atoms with E-state index in [-0.39, 0.29) is 17.0 Å². The normalized spacial score (nSPS) is 10.4. The maximum atomic E-state index is 11.3. The Labute approximate surface area is 104 Å². The monoisotopic (exact) mass is 258 g/mol. The first-order valence-corrected chi connectivity index (χ1v) is 5.65. The van der Waals surface area contributed by atoms with Gasteiger partial charge in [0.1, 0.15) is 5.02 Å². The van der Waals surface area contributed by atoms with Crippen molar-refractivity contribution in [2.45, 2.75) is 26.3 Å². The van der Waals surface area contributed by atoms with Crippen molar-refractivity contribution in [3.63, 3.8) is 0 Å². The zero-order chi connectivity index (χ0) is 12.8. The van der Waals surface area contributed by atoms with E-state index in [1.54, 1.807) is 0 Å². The molecular weight excluding hydrogens is 244 g/mol. The highest BCUT2D eigenvalue weighted by Crippen LogP contribution is 2.13. The molecule has 0 saturated carbocycles. The smallest absolute Gasteiger partial charge is 0.285 e. The number of anilines is 1. The fourth-order valence-corrected chi connectivity index (χ4v) is 1.37. The molecule has 3 N–H and O–H groups in total. The van der Waals surface area contributed by atoms with E-state index >= 15 is 0 Å². The van der Waals surface area contributed by atoms with Gasteiger partial charge in [0.15, 0.2) is 0 Å². The summed E-state index contributed by atoms with van der Waals surface area (Å²) < 4.78 is 0. The van der Waals surface area contributed by atoms with E-state index in [9.17, 15) is 9.59 Å². The van der Waals surface area contributed by atoms with E-state index in [1.165, 1.54) is 6.20 Å². The van der Waals surface area contributed by atoms with E-state index < -0.39 is 5.56 Å². The molecule has 6 nitrogen and oxygen atoms in total. The van der Waals surface area contributed by atoms with Crippen LogP contribution in [0.15, 0.2) is 11.0 Å². The van der Waals surface area contributed by atoms with Gasteiger partial charge in [0.2, 0.25) is 5.91 Å². The first-order valence-electron chi connectivity index (χ1n) is 5.27. The van der Waals surface area contributed by atoms with Gasteiger partial charge in [0.05, 0.1) is 11.9 Å². The van der Waals surface area contributed by atoms with Gasteiger partial charge in [-0.3, -0.25) is 9.59 Å². The maximum Gasteiger partial charge on any atom is 0.285 e. The van der Waals surface area contributed by atoms with Crippen LogP contribution in [-0.2, 0) is 4.79 Å². The van der Waals surface area contributed by atoms with Crippen LogP contribution in [0, 0.1) is 0 Å². The van der Waals surface area contributed by atoms with Crippen molar-refractivity contribution in [1.82, 2.24) is 15.5 Å². The second-order valence-electron chi connectivity index (χ2n) is 3.83. The molecular formula is C10H15ClN4O2. The summed E-state index contributed by atoms with van der Waals surface area (Å²) in [5.41, 5.74) is -0.0314. The summed E-state index contributed by atoms with van der Waals surface area (Å²) in [5, 5.41) is 11.5. The molecule has 1 aromatic heterocycles. The molecule has 0 atom stereocenters. The van der Waals surface area contributed by atoms with Gasteiger partial charge in [-0.2, -0.15) is 5.10 Å². The van der Waals surface area contributed by atoms with Gasteiger partial charge < -0.3 is 10.6 Å². The predicted octanol–water partition coefficient (Wildman–Crippen LogP) is 0.750. The first-order chi connectivity index (χ1) is 8.00. The van der Waals surface area contributed by atoms with Crippen molar-refractivity contribution in [2.24, 2.45) is 0 Å². The van der Waals surface area contributed by atoms with Crippen LogP contribution in [0.5, 0.6) is 0 Å². The van der Waals surface area contributed by atoms with Gasteiger partial charge in [-0.1, -0.05) is 11.6 Å². The van der Waals surface area contributed by atoms with Crippen molar-refractivity contribution in [3.8, 4) is 0 Å². The number of carbonyl (C=O) groups is 1. The number of nitrogens with zero attached hydrogens (tertiary/aromatic N) is 1. The molecule has 0 fully saturated rings. The summed E-state index contributed by atoms with van der Waals surface area (Å²) in [7, 11) is 0. The van der Waals surface area contributed by atoms with Crippen molar-refractivity contribution >= 4 is 23.2 Å². The summed E-state index contributed by atoms with van der Waals surface area (Å²) in [5.74, 6) is -0.0542. The lowest BCUT2D eigenvalue weighted by molar-refractivity contribution is -0.121. The standard InChI is InChI=1S/C10H15ClN4O2/c1-6(2)14-8(16)3-4-12-7-5-13-15-10(17)9(7)11/h5-6H,3-4H2,1-2H3,(H,14,16)(H2,12,15,17). The molecule has 0 unspecified atom stereocenters. The Morgan fingerprint density at radius 3 is 2.94 bits per heavy atom. The molecule has 17 heavy (non-hydrogen) atoms. The Morgan fingerprint density at radius 2 is 2.29 bits per heavy atom. The van der Waals surface area contributed by atoms with E-state index in [0.717, 1.165) is 0 Å². The molecule has 0 spiro atoms. The van der Waals surface area contributed by atoms with Gasteiger partial charge >= 0.3 is 0 Å². The number of hydrogen-bond acceptors (Lipinski definition) is 4. The minimum Gasteiger partial charge on any atom is -0.382 e. The summed E-state index contributed by atoms with van der Waals surface area (Å²) >= 11 is 5.75. The number of aromatic amines is 1. The fraction of sp³-hybridized carbons (Fsp3) is 0.500. The highest BCUT2D eigenvalue weighted by molar-refractivity contribution is 6.32. The Kier molecular flexibility index (Phi) is 4.96. The summed E-state index contributed by atoms with van der Waals surface area (Å²) in [4.78, 5) is 22.4. The van der Waals surface area contributed by atoms with Crippen LogP contribution in [0.4, 0.5) is 5.69 Å². The molecule has 0 aromatic carbocycles. The number of carbonyl (C=O) groups excluding carboxylic acids is 1. The van der Waals surface area contributed by atoms with E-state index in [1.807, 2.05) is 13.8 Å². The van der Waals surface area contributed by atoms with Gasteiger partial charge in [0.25, 0.3) is 5.56 Å². The second-order valence-corrected chi connectivity index (χ2v) is 4.20. The largest absolute Gasteiger partial charge is 0.382 e. The number of halogens is 1. The third-order valence-corrected chi connectivity index (χ3v) is 2.29. The highest BCUT2D eigenvalue weighted by atomic mass is 35.5. The van der Waals surface area contributed by atoms with Crippen LogP contribution in [0.25, 0.3) is 0 Å². The SMILES string of the molecule is CC(C)NC(=O)CCNc1cn[nH]c(=O)c1Cl. The van der Waals surface area contributed by atoms with Gasteiger partial charge in [-0.15, -0.1) is 0 Å². The maximum absolute atomic E-state index is 11.3. The Bertz CT molecular complexity index is 444. The molecule has 1 rings (SSSR count). The van der Waals surface area contributed by atoms with Crippen LogP contribution in [-0.4, -0.2) is 28.7 Å². The minimum atomic E-state index is -0.455. The number of aromatic nitrogens is 2. The molecule has 0 radical (unpaired) electrons. The summed E-state index contributed by atoms with van der Waals surface area (Å²) in [6, 6.07) is 0.118. The zero-order valence-electron chi connectivity index (χ0n) is 9.71. The summed E-state index contributed by atoms with van der Waals surface area (Å²) in [6.45, 7) is 4.18. The Hall–Kier alpha value is -1.56. The van der Waals surface area contributed by atoms with Gasteiger partial charge in [-0.05, 0) is 13.8 Å². The molecule has 1 amide bonds. The van der Waals surface area contributed by atoms with E-state index in [4.69, 9.17) is 11.6 Å². The number of nitrogens with one attached hydrogen (secondary N) is 3. The molecule has 1 heterocycles. The highest BCUT2D eigenvalue weighted by Gasteiger charge is 2.06. The Balaban J connectivity index is 2.44. The first kappa shape index (κ1) is 13.5. The van der Waals surface area contributed by atoms with Crippen LogP contribution >= 0.6 is 11.6 Å². The minimum absolute atomic E-state index is 0.0456. The number of amides is 1. The molecule has 1 aromatic rings. The number of H-pyrrole nitrogens is 1. The molecule has 0 saturated heterocycles. The van der Waals surface area contributed by atoms with E-state index in [0.29, 0.717) is 18.7 Å². The van der Waals surface area contributed by atoms with Crippen molar-refractivity contribution in [2.75, 3.05) is 11.9 Å². The lowest BCUT2D eigenvalue weighted by atomic mass is 10.3. The zero-order valence-corrected chi connectivity index (χ0v) is 10.5. The summed E-state index contributed by atoms with van der Waals surface area (Å²) in [6.07, 6.45) is 1.71. The molecule has 0 bridgehead atoms. The quantitative estimate of drug-likeness (QED) is 0.727. The molecule has 0 aliphatic carbocycles. The van der Waals surface area contributed by atoms with E-state index in [2.05, 4.69) is 20.8 Å². The van der Waals surface area contributed by atoms with Crippen LogP contribution in [0.2, 0.25) is 5.02 Å². The predicted molar refractivity (Wildman–Crippen MR) is 66.3 cm³/mol. The van der Waals surface area contributed by atoms with Crippen LogP contribution in [0.3, 0.4) is 0 Å². The van der Waals surface area contributed by atoms with Crippen molar-refractivity contribution in [1.29, 1.82) is 0 Å². The molecule has 0 aliphatic heterocycles. The van der Waals surface area contributed by atoms with Gasteiger partial charge in [0, 0.05) is 19.0 Å². The average Bonchev–Trinajstić information content (AvgIpc) is 2.23. The molecule has 0 aliphatic rings. The lowest BCUT2D eigenvalue weighted by Gasteiger charge is -2.09. The number of rotatable bonds is 5. The van der Waals surface area contributed by atoms with Crippen LogP contribution in [0.1, 0.15) is 20.3 Å². The van der Waals surface area contributed by atoms with Gasteiger partial charge in [-0.25, -0.2) is 5.10 Å². The topological polar surface area (TPSA) is 86.9 Å². The second kappa shape index (κ2) is 6.24. The third-order valence-electron chi connectivity index (χ3n) is 1.91. The molecule has 94 valence electrons. The van der Waals surface area contributed by atoms with Crippen molar-refractivity contribution < 1.29 is 4.79 Å². The van der Waals surface area contributed by atoms with Crippen molar-refractivity contribution in [3.05, 3.63) is 21.6 Å². The molecule has 7 heteroatoms. The fourth-order valence-electron chi connectivity index (χ4n) is 1.21. The number of hydrogen-bond donors (Lipinski definition) is 3.